The molecule has 1 rings (SSSR count). The van der Waals surface area contributed by atoms with Gasteiger partial charge in [-0.3, -0.25) is 0 Å². The molecule has 6 heavy (non-hydrogen) atoms. The molecule has 0 heterocycles. The van der Waals surface area contributed by atoms with E-state index in [0.717, 1.165) is 0 Å². The molecule has 36 valence electrons. The fourth-order valence-electron chi connectivity index (χ4n) is 0.218. The molecule has 0 bridgehead atoms. The lowest BCUT2D eigenvalue weighted by atomic mass is 9.88. The zero-order valence-corrected chi connectivity index (χ0v) is 4.67. The highest BCUT2D eigenvalue weighted by molar-refractivity contribution is 9.09. The van der Waals surface area contributed by atoms with Crippen LogP contribution in [0.3, 0.4) is 0 Å². The summed E-state index contributed by atoms with van der Waals surface area (Å²) in [5.74, 6) is -2.05. The summed E-state index contributed by atoms with van der Waals surface area (Å²) in [6.45, 7) is 0. The van der Waals surface area contributed by atoms with Gasteiger partial charge in [-0.2, -0.15) is 0 Å². The zero-order chi connectivity index (χ0) is 10.7. The van der Waals surface area contributed by atoms with Crippen LogP contribution in [-0.4, -0.2) is 5.33 Å². The highest BCUT2D eigenvalue weighted by Gasteiger charge is 2.14. The van der Waals surface area contributed by atoms with Crippen LogP contribution in [0.25, 0.3) is 0 Å². The first-order chi connectivity index (χ1) is 5.56. The van der Waals surface area contributed by atoms with Crippen LogP contribution in [0.1, 0.15) is 28.7 Å². The molecule has 0 spiro atoms. The molecule has 0 unspecified atom stereocenters. The Morgan fingerprint density at radius 2 is 2.67 bits per heavy atom. The molecule has 0 radical (unpaired) electrons. The summed E-state index contributed by atoms with van der Waals surface area (Å²) < 4.78 is 51.2. The van der Waals surface area contributed by atoms with Gasteiger partial charge in [0, 0.05) is 14.9 Å². The number of rotatable bonds is 1. The van der Waals surface area contributed by atoms with E-state index in [2.05, 4.69) is 15.9 Å². The lowest BCUT2D eigenvalue weighted by Gasteiger charge is -2.21. The number of hydrogen-bond donors (Lipinski definition) is 0. The molecule has 0 saturated heterocycles. The van der Waals surface area contributed by atoms with Gasteiger partial charge in [0.15, 0.2) is 0 Å². The molecule has 0 aromatic heterocycles. The Bertz CT molecular complexity index is 217. The molecule has 0 nitrogen and oxygen atoms in total. The average molecular weight is 156 g/mol. The monoisotopic (exact) mass is 155 g/mol. The van der Waals surface area contributed by atoms with Crippen LogP contribution in [-0.2, 0) is 0 Å². The molecule has 0 aliphatic heterocycles. The Labute approximate surface area is 56.9 Å². The first-order valence-electron chi connectivity index (χ1n) is 5.12. The van der Waals surface area contributed by atoms with Gasteiger partial charge in [0.2, 0.25) is 0 Å². The maximum absolute atomic E-state index is 7.53. The van der Waals surface area contributed by atoms with E-state index in [0.29, 0.717) is 0 Å². The van der Waals surface area contributed by atoms with E-state index in [4.69, 9.17) is 9.60 Å². The molecular weight excluding hydrogens is 140 g/mol. The van der Waals surface area contributed by atoms with E-state index in [1.807, 2.05) is 0 Å². The van der Waals surface area contributed by atoms with Gasteiger partial charge in [-0.15, -0.1) is 0 Å². The van der Waals surface area contributed by atoms with Gasteiger partial charge >= 0.3 is 0 Å². The van der Waals surface area contributed by atoms with E-state index < -0.39 is 25.0 Å². The van der Waals surface area contributed by atoms with Gasteiger partial charge in [0.05, 0.1) is 0 Å². The minimum absolute atomic E-state index is 0.223. The SMILES string of the molecule is [2H]C1([2H])C([2H])([2H])C([2H])(CBr)C1([2H])[2H]. The van der Waals surface area contributed by atoms with Gasteiger partial charge in [-0.25, -0.2) is 0 Å². The molecule has 1 saturated carbocycles. The molecule has 0 atom stereocenters. The fourth-order valence-corrected chi connectivity index (χ4v) is 0.498. The van der Waals surface area contributed by atoms with E-state index >= 15 is 0 Å². The highest BCUT2D eigenvalue weighted by atomic mass is 79.9. The Balaban J connectivity index is 3.18. The number of alkyl halides is 1. The zero-order valence-electron chi connectivity index (χ0n) is 10.1. The van der Waals surface area contributed by atoms with Crippen LogP contribution in [0.5, 0.6) is 0 Å². The summed E-state index contributed by atoms with van der Waals surface area (Å²) in [7, 11) is 0. The van der Waals surface area contributed by atoms with E-state index in [-0.39, 0.29) is 5.33 Å². The van der Waals surface area contributed by atoms with Gasteiger partial charge in [-0.1, -0.05) is 22.3 Å². The topological polar surface area (TPSA) is 0 Å². The van der Waals surface area contributed by atoms with Crippen LogP contribution >= 0.6 is 15.9 Å². The second-order valence-corrected chi connectivity index (χ2v) is 1.55. The van der Waals surface area contributed by atoms with Crippen molar-refractivity contribution in [2.75, 3.05) is 5.33 Å². The van der Waals surface area contributed by atoms with Crippen molar-refractivity contribution in [2.24, 2.45) is 5.89 Å². The van der Waals surface area contributed by atoms with Crippen molar-refractivity contribution in [1.29, 1.82) is 0 Å². The lowest BCUT2D eigenvalue weighted by molar-refractivity contribution is 0.355. The third-order valence-electron chi connectivity index (χ3n) is 0.560. The van der Waals surface area contributed by atoms with Gasteiger partial charge < -0.3 is 0 Å². The predicted molar refractivity (Wildman–Crippen MR) is 31.1 cm³/mol. The largest absolute Gasteiger partial charge is 0.0925 e. The Morgan fingerprint density at radius 1 is 2.00 bits per heavy atom. The molecule has 1 heteroatoms. The summed E-state index contributed by atoms with van der Waals surface area (Å²) in [4.78, 5) is 0. The third kappa shape index (κ3) is 0.754. The molecule has 0 N–H and O–H groups in total. The standard InChI is InChI=1S/C5H9Br/c6-4-5-2-1-3-5/h5H,1-4H2/i1D2,2D2,3D2,5D. The maximum atomic E-state index is 7.53. The number of hydrogen-bond acceptors (Lipinski definition) is 0. The lowest BCUT2D eigenvalue weighted by Crippen LogP contribution is -2.11. The van der Waals surface area contributed by atoms with Gasteiger partial charge in [0.25, 0.3) is 0 Å². The molecule has 0 amide bonds. The summed E-state index contributed by atoms with van der Waals surface area (Å²) in [5.41, 5.74) is 0. The first kappa shape index (κ1) is 1.07. The minimum Gasteiger partial charge on any atom is -0.0925 e. The fraction of sp³-hybridized carbons (Fsp3) is 1.00. The molecule has 1 aliphatic rings. The predicted octanol–water partition coefficient (Wildman–Crippen LogP) is 2.18. The molecular formula is C5H9Br. The number of halogens is 1. The van der Waals surface area contributed by atoms with Crippen LogP contribution in [0, 0.1) is 5.89 Å². The summed E-state index contributed by atoms with van der Waals surface area (Å²) >= 11 is 2.85. The maximum Gasteiger partial charge on any atom is 0.0311 e. The highest BCUT2D eigenvalue weighted by Crippen LogP contribution is 2.27. The smallest absolute Gasteiger partial charge is 0.0311 e. The second-order valence-electron chi connectivity index (χ2n) is 0.987. The Hall–Kier alpha value is 0.480. The molecule has 1 aliphatic carbocycles. The van der Waals surface area contributed by atoms with Crippen molar-refractivity contribution < 1.29 is 9.60 Å². The summed E-state index contributed by atoms with van der Waals surface area (Å²) in [6.07, 6.45) is -7.53. The Kier molecular flexibility index (Phi) is 0.351. The van der Waals surface area contributed by atoms with Crippen LogP contribution in [0.15, 0.2) is 0 Å². The van der Waals surface area contributed by atoms with Crippen LogP contribution < -0.4 is 0 Å². The van der Waals surface area contributed by atoms with Crippen molar-refractivity contribution >= 4 is 15.9 Å². The summed E-state index contributed by atoms with van der Waals surface area (Å²) in [5, 5.41) is -0.223. The quantitative estimate of drug-likeness (QED) is 0.510. The Morgan fingerprint density at radius 3 is 3.00 bits per heavy atom. The third-order valence-corrected chi connectivity index (χ3v) is 1.12. The van der Waals surface area contributed by atoms with E-state index in [1.54, 1.807) is 0 Å². The minimum atomic E-state index is -2.60. The van der Waals surface area contributed by atoms with Crippen molar-refractivity contribution in [2.45, 2.75) is 19.1 Å². The summed E-state index contributed by atoms with van der Waals surface area (Å²) in [6, 6.07) is 0. The average Bonchev–Trinajstić information content (AvgIpc) is 2.00. The molecule has 1 fully saturated rings. The van der Waals surface area contributed by atoms with Crippen LogP contribution in [0.2, 0.25) is 0 Å². The first-order valence-corrected chi connectivity index (χ1v) is 2.74. The van der Waals surface area contributed by atoms with E-state index in [9.17, 15) is 0 Å². The van der Waals surface area contributed by atoms with Crippen molar-refractivity contribution in [1.82, 2.24) is 0 Å². The molecule has 0 aromatic rings. The van der Waals surface area contributed by atoms with Crippen molar-refractivity contribution in [3.8, 4) is 0 Å². The van der Waals surface area contributed by atoms with Crippen molar-refractivity contribution in [3.63, 3.8) is 0 Å². The normalized spacial score (nSPS) is 71.2. The van der Waals surface area contributed by atoms with E-state index in [1.165, 1.54) is 0 Å². The van der Waals surface area contributed by atoms with Gasteiger partial charge in [0.1, 0.15) is 0 Å². The molecule has 0 aromatic carbocycles. The van der Waals surface area contributed by atoms with Gasteiger partial charge in [-0.05, 0) is 18.6 Å². The second kappa shape index (κ2) is 1.97. The van der Waals surface area contributed by atoms with Crippen molar-refractivity contribution in [3.05, 3.63) is 0 Å². The van der Waals surface area contributed by atoms with Crippen LogP contribution in [0.4, 0.5) is 0 Å².